The molecule has 0 saturated carbocycles. The SMILES string of the molecule is O=C(O)c1nn(-c2ccc(Br)cn2)nc1C(F)(F)F. The number of nitrogens with zero attached hydrogens (tertiary/aromatic N) is 4. The lowest BCUT2D eigenvalue weighted by Gasteiger charge is -2.01. The highest BCUT2D eigenvalue weighted by Gasteiger charge is 2.40. The molecule has 0 aliphatic heterocycles. The molecular formula is C9H4BrF3N4O2. The maximum absolute atomic E-state index is 12.6. The van der Waals surface area contributed by atoms with Crippen molar-refractivity contribution in [1.29, 1.82) is 0 Å². The van der Waals surface area contributed by atoms with Gasteiger partial charge in [0.05, 0.1) is 0 Å². The quantitative estimate of drug-likeness (QED) is 0.908. The van der Waals surface area contributed by atoms with Crippen LogP contribution in [-0.2, 0) is 6.18 Å². The van der Waals surface area contributed by atoms with Crippen LogP contribution in [0.2, 0.25) is 0 Å². The molecule has 0 atom stereocenters. The Morgan fingerprint density at radius 3 is 2.42 bits per heavy atom. The molecule has 0 radical (unpaired) electrons. The minimum absolute atomic E-state index is 0.0267. The third kappa shape index (κ3) is 2.72. The third-order valence-electron chi connectivity index (χ3n) is 2.00. The molecule has 2 aromatic rings. The van der Waals surface area contributed by atoms with E-state index in [4.69, 9.17) is 5.11 Å². The second-order valence-electron chi connectivity index (χ2n) is 3.32. The van der Waals surface area contributed by atoms with E-state index in [2.05, 4.69) is 31.1 Å². The molecule has 0 amide bonds. The maximum Gasteiger partial charge on any atom is 0.437 e. The average Bonchev–Trinajstić information content (AvgIpc) is 2.74. The number of pyridine rings is 1. The molecule has 6 nitrogen and oxygen atoms in total. The van der Waals surface area contributed by atoms with Crippen LogP contribution in [0, 0.1) is 0 Å². The Hall–Kier alpha value is -1.97. The maximum atomic E-state index is 12.6. The van der Waals surface area contributed by atoms with Gasteiger partial charge in [0.25, 0.3) is 0 Å². The molecule has 0 saturated heterocycles. The molecular weight excluding hydrogens is 333 g/mol. The Bertz CT molecular complexity index is 623. The van der Waals surface area contributed by atoms with E-state index in [0.717, 1.165) is 0 Å². The molecule has 0 unspecified atom stereocenters. The number of rotatable bonds is 2. The summed E-state index contributed by atoms with van der Waals surface area (Å²) >= 11 is 3.11. The highest BCUT2D eigenvalue weighted by Crippen LogP contribution is 2.30. The second kappa shape index (κ2) is 4.61. The zero-order valence-electron chi connectivity index (χ0n) is 8.89. The van der Waals surface area contributed by atoms with Crippen LogP contribution in [0.25, 0.3) is 5.82 Å². The first kappa shape index (κ1) is 13.5. The Kier molecular flexibility index (Phi) is 3.27. The van der Waals surface area contributed by atoms with E-state index in [0.29, 0.717) is 9.27 Å². The van der Waals surface area contributed by atoms with Gasteiger partial charge < -0.3 is 5.11 Å². The lowest BCUT2D eigenvalue weighted by atomic mass is 10.3. The molecule has 100 valence electrons. The average molecular weight is 337 g/mol. The van der Waals surface area contributed by atoms with Crippen molar-refractivity contribution < 1.29 is 23.1 Å². The fourth-order valence-corrected chi connectivity index (χ4v) is 1.46. The van der Waals surface area contributed by atoms with E-state index in [1.807, 2.05) is 0 Å². The van der Waals surface area contributed by atoms with Crippen molar-refractivity contribution in [3.63, 3.8) is 0 Å². The predicted molar refractivity (Wildman–Crippen MR) is 58.8 cm³/mol. The van der Waals surface area contributed by atoms with Crippen LogP contribution in [0.1, 0.15) is 16.2 Å². The summed E-state index contributed by atoms with van der Waals surface area (Å²) in [5.74, 6) is -1.84. The number of aromatic carboxylic acids is 1. The van der Waals surface area contributed by atoms with E-state index >= 15 is 0 Å². The minimum Gasteiger partial charge on any atom is -0.476 e. The van der Waals surface area contributed by atoms with Crippen molar-refractivity contribution in [2.75, 3.05) is 0 Å². The van der Waals surface area contributed by atoms with Crippen LogP contribution in [-0.4, -0.2) is 31.1 Å². The smallest absolute Gasteiger partial charge is 0.437 e. The number of carbonyl (C=O) groups is 1. The first-order valence-corrected chi connectivity index (χ1v) is 5.48. The number of alkyl halides is 3. The summed E-state index contributed by atoms with van der Waals surface area (Å²) in [4.78, 5) is 15.0. The van der Waals surface area contributed by atoms with Crippen molar-refractivity contribution >= 4 is 21.9 Å². The van der Waals surface area contributed by atoms with Gasteiger partial charge >= 0.3 is 12.1 Å². The largest absolute Gasteiger partial charge is 0.476 e. The Morgan fingerprint density at radius 2 is 2.00 bits per heavy atom. The van der Waals surface area contributed by atoms with E-state index in [9.17, 15) is 18.0 Å². The third-order valence-corrected chi connectivity index (χ3v) is 2.47. The van der Waals surface area contributed by atoms with Crippen LogP contribution in [0.5, 0.6) is 0 Å². The summed E-state index contributed by atoms with van der Waals surface area (Å²) in [7, 11) is 0. The summed E-state index contributed by atoms with van der Waals surface area (Å²) in [6.07, 6.45) is -3.58. The molecule has 0 spiro atoms. The van der Waals surface area contributed by atoms with Crippen molar-refractivity contribution in [3.8, 4) is 5.82 Å². The monoisotopic (exact) mass is 336 g/mol. The molecule has 0 aromatic carbocycles. The highest BCUT2D eigenvalue weighted by molar-refractivity contribution is 9.10. The standard InChI is InChI=1S/C9H4BrF3N4O2/c10-4-1-2-5(14-3-4)17-15-6(8(18)19)7(16-17)9(11,12)13/h1-3H,(H,18,19). The first-order valence-electron chi connectivity index (χ1n) is 4.69. The summed E-state index contributed by atoms with van der Waals surface area (Å²) < 4.78 is 38.4. The van der Waals surface area contributed by atoms with E-state index in [-0.39, 0.29) is 5.82 Å². The molecule has 2 aromatic heterocycles. The van der Waals surface area contributed by atoms with Crippen molar-refractivity contribution in [2.45, 2.75) is 6.18 Å². The number of aromatic nitrogens is 4. The topological polar surface area (TPSA) is 80.9 Å². The van der Waals surface area contributed by atoms with Gasteiger partial charge in [-0.3, -0.25) is 0 Å². The number of carboxylic acid groups (broad SMARTS) is 1. The van der Waals surface area contributed by atoms with Crippen molar-refractivity contribution in [3.05, 3.63) is 34.2 Å². The van der Waals surface area contributed by atoms with Crippen LogP contribution in [0.3, 0.4) is 0 Å². The van der Waals surface area contributed by atoms with Gasteiger partial charge in [0.1, 0.15) is 0 Å². The van der Waals surface area contributed by atoms with Gasteiger partial charge in [-0.05, 0) is 28.1 Å². The second-order valence-corrected chi connectivity index (χ2v) is 4.24. The van der Waals surface area contributed by atoms with Crippen molar-refractivity contribution in [1.82, 2.24) is 20.0 Å². The zero-order valence-corrected chi connectivity index (χ0v) is 10.5. The first-order chi connectivity index (χ1) is 8.79. The lowest BCUT2D eigenvalue weighted by molar-refractivity contribution is -0.141. The van der Waals surface area contributed by atoms with Gasteiger partial charge in [0.2, 0.25) is 11.4 Å². The summed E-state index contributed by atoms with van der Waals surface area (Å²) in [5, 5.41) is 15.1. The Morgan fingerprint density at radius 1 is 1.32 bits per heavy atom. The number of carboxylic acids is 1. The van der Waals surface area contributed by atoms with E-state index in [1.165, 1.54) is 18.3 Å². The van der Waals surface area contributed by atoms with Gasteiger partial charge in [-0.1, -0.05) is 0 Å². The molecule has 0 aliphatic carbocycles. The fourth-order valence-electron chi connectivity index (χ4n) is 1.23. The fraction of sp³-hybridized carbons (Fsp3) is 0.111. The minimum atomic E-state index is -4.90. The Labute approximate surface area is 112 Å². The van der Waals surface area contributed by atoms with Crippen molar-refractivity contribution in [2.24, 2.45) is 0 Å². The molecule has 2 rings (SSSR count). The normalized spacial score (nSPS) is 11.6. The van der Waals surface area contributed by atoms with E-state index in [1.54, 1.807) is 0 Å². The number of halogens is 4. The molecule has 0 bridgehead atoms. The van der Waals surface area contributed by atoms with Gasteiger partial charge in [-0.25, -0.2) is 9.78 Å². The Balaban J connectivity index is 2.55. The molecule has 0 fully saturated rings. The molecule has 1 N–H and O–H groups in total. The summed E-state index contributed by atoms with van der Waals surface area (Å²) in [6.45, 7) is 0. The van der Waals surface area contributed by atoms with Gasteiger partial charge in [-0.15, -0.1) is 15.0 Å². The highest BCUT2D eigenvalue weighted by atomic mass is 79.9. The van der Waals surface area contributed by atoms with Crippen LogP contribution in [0.15, 0.2) is 22.8 Å². The van der Waals surface area contributed by atoms with Crippen LogP contribution < -0.4 is 0 Å². The summed E-state index contributed by atoms with van der Waals surface area (Å²) in [5.41, 5.74) is -2.73. The van der Waals surface area contributed by atoms with Gasteiger partial charge in [-0.2, -0.15) is 13.2 Å². The van der Waals surface area contributed by atoms with Gasteiger partial charge in [0.15, 0.2) is 5.82 Å². The number of hydrogen-bond donors (Lipinski definition) is 1. The molecule has 2 heterocycles. The van der Waals surface area contributed by atoms with E-state index < -0.39 is 23.5 Å². The molecule has 19 heavy (non-hydrogen) atoms. The van der Waals surface area contributed by atoms with Crippen LogP contribution in [0.4, 0.5) is 13.2 Å². The molecule has 10 heteroatoms. The van der Waals surface area contributed by atoms with Gasteiger partial charge in [0, 0.05) is 10.7 Å². The molecule has 0 aliphatic rings. The predicted octanol–water partition coefficient (Wildman–Crippen LogP) is 2.14. The van der Waals surface area contributed by atoms with Crippen LogP contribution >= 0.6 is 15.9 Å². The number of hydrogen-bond acceptors (Lipinski definition) is 4. The zero-order chi connectivity index (χ0) is 14.2. The lowest BCUT2D eigenvalue weighted by Crippen LogP contribution is -2.12. The summed E-state index contributed by atoms with van der Waals surface area (Å²) in [6, 6.07) is 2.86.